The number of carbonyl (C=O) groups excluding carboxylic acids is 4. The number of carbonyl (C=O) groups is 4. The van der Waals surface area contributed by atoms with Crippen LogP contribution in [0.15, 0.2) is 0 Å². The van der Waals surface area contributed by atoms with Gasteiger partial charge < -0.3 is 28.4 Å². The average molecular weight is 415 g/mol. The van der Waals surface area contributed by atoms with Crippen LogP contribution < -0.4 is 0 Å². The largest absolute Gasteiger partial charge is 0.463 e. The molecule has 6 unspecified atom stereocenters. The Morgan fingerprint density at radius 3 is 1.90 bits per heavy atom. The van der Waals surface area contributed by atoms with E-state index in [1.807, 2.05) is 6.07 Å². The van der Waals surface area contributed by atoms with Crippen LogP contribution in [-0.4, -0.2) is 67.8 Å². The first-order chi connectivity index (χ1) is 13.5. The van der Waals surface area contributed by atoms with Crippen molar-refractivity contribution in [3.63, 3.8) is 0 Å². The van der Waals surface area contributed by atoms with E-state index in [1.54, 1.807) is 6.92 Å². The van der Waals surface area contributed by atoms with E-state index < -0.39 is 60.5 Å². The van der Waals surface area contributed by atoms with E-state index in [0.717, 1.165) is 20.8 Å². The minimum absolute atomic E-state index is 0.0791. The summed E-state index contributed by atoms with van der Waals surface area (Å²) in [6.07, 6.45) is -6.18. The highest BCUT2D eigenvalue weighted by Crippen LogP contribution is 2.30. The summed E-state index contributed by atoms with van der Waals surface area (Å²) in [6, 6.07) is 1.98. The van der Waals surface area contributed by atoms with Crippen LogP contribution in [0.2, 0.25) is 0 Å². The van der Waals surface area contributed by atoms with Gasteiger partial charge in [0.2, 0.25) is 0 Å². The maximum absolute atomic E-state index is 11.7. The molecule has 1 heterocycles. The summed E-state index contributed by atoms with van der Waals surface area (Å²) in [7, 11) is 0. The summed E-state index contributed by atoms with van der Waals surface area (Å²) in [6.45, 7) is 5.75. The first-order valence-corrected chi connectivity index (χ1v) is 8.86. The Balaban J connectivity index is 3.26. The predicted molar refractivity (Wildman–Crippen MR) is 92.7 cm³/mol. The molecule has 162 valence electrons. The van der Waals surface area contributed by atoms with E-state index in [1.165, 1.54) is 6.92 Å². The van der Waals surface area contributed by atoms with E-state index >= 15 is 0 Å². The SMILES string of the molecule is CC(=O)OCC1OC(OCC(C)C#N)C(OC(C)=O)C(OC(C)=O)C1OC(C)=O. The van der Waals surface area contributed by atoms with Crippen molar-refractivity contribution in [2.75, 3.05) is 13.2 Å². The van der Waals surface area contributed by atoms with Gasteiger partial charge in [0, 0.05) is 27.7 Å². The summed E-state index contributed by atoms with van der Waals surface area (Å²) >= 11 is 0. The van der Waals surface area contributed by atoms with E-state index in [9.17, 15) is 19.2 Å². The molecule has 1 aliphatic heterocycles. The molecule has 1 saturated heterocycles. The van der Waals surface area contributed by atoms with Crippen molar-refractivity contribution < 1.29 is 47.6 Å². The number of hydrogen-bond donors (Lipinski definition) is 0. The molecule has 0 N–H and O–H groups in total. The number of nitrogens with zero attached hydrogens (tertiary/aromatic N) is 1. The topological polar surface area (TPSA) is 147 Å². The summed E-state index contributed by atoms with van der Waals surface area (Å²) < 4.78 is 31.9. The Kier molecular flexibility index (Phi) is 9.50. The number of esters is 4. The van der Waals surface area contributed by atoms with Crippen LogP contribution in [-0.2, 0) is 47.6 Å². The second-order valence-corrected chi connectivity index (χ2v) is 6.43. The molecule has 0 radical (unpaired) electrons. The molecule has 6 atom stereocenters. The van der Waals surface area contributed by atoms with Gasteiger partial charge in [0.05, 0.1) is 18.6 Å². The van der Waals surface area contributed by atoms with Crippen molar-refractivity contribution >= 4 is 23.9 Å². The van der Waals surface area contributed by atoms with Crippen LogP contribution in [0.25, 0.3) is 0 Å². The van der Waals surface area contributed by atoms with Crippen LogP contribution in [0.1, 0.15) is 34.6 Å². The molecule has 1 fully saturated rings. The molecule has 0 aliphatic carbocycles. The Morgan fingerprint density at radius 1 is 0.897 bits per heavy atom. The van der Waals surface area contributed by atoms with Crippen LogP contribution >= 0.6 is 0 Å². The lowest BCUT2D eigenvalue weighted by Crippen LogP contribution is -2.63. The lowest BCUT2D eigenvalue weighted by Gasteiger charge is -2.44. The maximum atomic E-state index is 11.7. The van der Waals surface area contributed by atoms with Crippen molar-refractivity contribution in [2.45, 2.75) is 65.3 Å². The minimum Gasteiger partial charge on any atom is -0.463 e. The molecule has 11 nitrogen and oxygen atoms in total. The second-order valence-electron chi connectivity index (χ2n) is 6.43. The molecule has 0 spiro atoms. The molecule has 29 heavy (non-hydrogen) atoms. The molecule has 1 aliphatic rings. The van der Waals surface area contributed by atoms with E-state index in [2.05, 4.69) is 0 Å². The minimum atomic E-state index is -1.29. The average Bonchev–Trinajstić information content (AvgIpc) is 2.60. The van der Waals surface area contributed by atoms with Crippen LogP contribution in [0, 0.1) is 17.2 Å². The Hall–Kier alpha value is -2.71. The number of rotatable bonds is 8. The predicted octanol–water partition coefficient (Wildman–Crippen LogP) is 0.246. The highest BCUT2D eigenvalue weighted by atomic mass is 16.7. The third-order valence-electron chi connectivity index (χ3n) is 3.68. The van der Waals surface area contributed by atoms with Gasteiger partial charge >= 0.3 is 23.9 Å². The molecule has 11 heteroatoms. The van der Waals surface area contributed by atoms with Gasteiger partial charge in [-0.25, -0.2) is 0 Å². The van der Waals surface area contributed by atoms with Gasteiger partial charge in [0.1, 0.15) is 12.7 Å². The third-order valence-corrected chi connectivity index (χ3v) is 3.68. The highest BCUT2D eigenvalue weighted by Gasteiger charge is 2.52. The first-order valence-electron chi connectivity index (χ1n) is 8.86. The van der Waals surface area contributed by atoms with E-state index in [-0.39, 0.29) is 13.2 Å². The van der Waals surface area contributed by atoms with Gasteiger partial charge in [-0.05, 0) is 6.92 Å². The fraction of sp³-hybridized carbons (Fsp3) is 0.722. The molecule has 0 bridgehead atoms. The molecular formula is C18H25NO10. The van der Waals surface area contributed by atoms with E-state index in [0.29, 0.717) is 0 Å². The molecule has 0 aromatic carbocycles. The van der Waals surface area contributed by atoms with Crippen molar-refractivity contribution in [1.29, 1.82) is 5.26 Å². The Labute approximate surface area is 168 Å². The summed E-state index contributed by atoms with van der Waals surface area (Å²) in [4.78, 5) is 46.1. The van der Waals surface area contributed by atoms with Gasteiger partial charge in [-0.2, -0.15) is 5.26 Å². The fourth-order valence-corrected chi connectivity index (χ4v) is 2.60. The molecular weight excluding hydrogens is 390 g/mol. The van der Waals surface area contributed by atoms with E-state index in [4.69, 9.17) is 33.7 Å². The number of nitriles is 1. The van der Waals surface area contributed by atoms with Gasteiger partial charge in [-0.3, -0.25) is 19.2 Å². The Bertz CT molecular complexity index is 658. The van der Waals surface area contributed by atoms with Crippen molar-refractivity contribution in [1.82, 2.24) is 0 Å². The zero-order chi connectivity index (χ0) is 22.1. The van der Waals surface area contributed by atoms with Crippen LogP contribution in [0.3, 0.4) is 0 Å². The second kappa shape index (κ2) is 11.3. The standard InChI is InChI=1S/C18H25NO10/c1-9(6-19)7-25-18-17(28-13(5)23)16(27-12(4)22)15(26-11(3)21)14(29-18)8-24-10(2)20/h9,14-18H,7-8H2,1-5H3. The number of hydrogen-bond acceptors (Lipinski definition) is 11. The van der Waals surface area contributed by atoms with Crippen molar-refractivity contribution in [3.8, 4) is 6.07 Å². The van der Waals surface area contributed by atoms with Crippen LogP contribution in [0.4, 0.5) is 0 Å². The first kappa shape index (κ1) is 24.3. The normalized spacial score (nSPS) is 27.1. The quantitative estimate of drug-likeness (QED) is 0.397. The molecule has 1 rings (SSSR count). The fourth-order valence-electron chi connectivity index (χ4n) is 2.60. The summed E-state index contributed by atoms with van der Waals surface area (Å²) in [5.41, 5.74) is 0. The number of ether oxygens (including phenoxy) is 6. The molecule has 0 aromatic rings. The summed E-state index contributed by atoms with van der Waals surface area (Å²) in [5, 5.41) is 8.94. The smallest absolute Gasteiger partial charge is 0.303 e. The van der Waals surface area contributed by atoms with Gasteiger partial charge in [0.25, 0.3) is 0 Å². The van der Waals surface area contributed by atoms with Crippen LogP contribution in [0.5, 0.6) is 0 Å². The highest BCUT2D eigenvalue weighted by molar-refractivity contribution is 5.68. The van der Waals surface area contributed by atoms with Gasteiger partial charge in [-0.15, -0.1) is 0 Å². The molecule has 0 saturated carbocycles. The zero-order valence-corrected chi connectivity index (χ0v) is 16.9. The Morgan fingerprint density at radius 2 is 1.41 bits per heavy atom. The van der Waals surface area contributed by atoms with Crippen molar-refractivity contribution in [3.05, 3.63) is 0 Å². The third kappa shape index (κ3) is 8.05. The van der Waals surface area contributed by atoms with Crippen molar-refractivity contribution in [2.24, 2.45) is 5.92 Å². The summed E-state index contributed by atoms with van der Waals surface area (Å²) in [5.74, 6) is -3.30. The molecule has 0 amide bonds. The monoisotopic (exact) mass is 415 g/mol. The lowest BCUT2D eigenvalue weighted by molar-refractivity contribution is -0.309. The zero-order valence-electron chi connectivity index (χ0n) is 16.9. The molecule has 0 aromatic heterocycles. The lowest BCUT2D eigenvalue weighted by atomic mass is 9.98. The van der Waals surface area contributed by atoms with Gasteiger partial charge in [-0.1, -0.05) is 0 Å². The maximum Gasteiger partial charge on any atom is 0.303 e. The van der Waals surface area contributed by atoms with Gasteiger partial charge in [0.15, 0.2) is 24.6 Å².